The fraction of sp³-hybridized carbons (Fsp3) is 0.350. The van der Waals surface area contributed by atoms with Gasteiger partial charge in [-0.15, -0.1) is 0 Å². The molecule has 0 aliphatic rings. The summed E-state index contributed by atoms with van der Waals surface area (Å²) < 4.78 is 58.9. The first kappa shape index (κ1) is 22.8. The molecule has 0 heterocycles. The maximum Gasteiger partial charge on any atom is 0.253 e. The molecule has 0 atom stereocenters. The highest BCUT2D eigenvalue weighted by Crippen LogP contribution is 2.21. The number of hydrogen-bond donors (Lipinski definition) is 0. The van der Waals surface area contributed by atoms with Crippen LogP contribution in [0.1, 0.15) is 24.2 Å². The average molecular weight is 426 g/mol. The molecule has 0 radical (unpaired) electrons. The summed E-state index contributed by atoms with van der Waals surface area (Å²) >= 11 is 0. The maximum absolute atomic E-state index is 14.2. The third-order valence-corrected chi connectivity index (χ3v) is 6.42. The smallest absolute Gasteiger partial charge is 0.253 e. The van der Waals surface area contributed by atoms with E-state index >= 15 is 0 Å². The summed E-state index contributed by atoms with van der Waals surface area (Å²) in [4.78, 5) is 13.4. The third-order valence-electron chi connectivity index (χ3n) is 4.36. The van der Waals surface area contributed by atoms with E-state index in [0.29, 0.717) is 5.75 Å². The Bertz CT molecular complexity index is 945. The van der Waals surface area contributed by atoms with Gasteiger partial charge in [0.15, 0.2) is 0 Å². The van der Waals surface area contributed by atoms with Crippen molar-refractivity contribution < 1.29 is 26.7 Å². The van der Waals surface area contributed by atoms with Gasteiger partial charge in [0.2, 0.25) is 10.0 Å². The van der Waals surface area contributed by atoms with Gasteiger partial charge in [0.05, 0.1) is 6.54 Å². The van der Waals surface area contributed by atoms with Crippen molar-refractivity contribution in [3.8, 4) is 5.75 Å². The van der Waals surface area contributed by atoms with Crippen LogP contribution in [0.5, 0.6) is 5.75 Å². The molecule has 2 rings (SSSR count). The molecule has 2 aromatic carbocycles. The predicted molar refractivity (Wildman–Crippen MR) is 105 cm³/mol. The Balaban J connectivity index is 2.11. The Morgan fingerprint density at radius 2 is 1.66 bits per heavy atom. The van der Waals surface area contributed by atoms with E-state index in [1.165, 1.54) is 42.3 Å². The summed E-state index contributed by atoms with van der Waals surface area (Å²) in [5.41, 5.74) is 0.0569. The van der Waals surface area contributed by atoms with Crippen LogP contribution in [-0.4, -0.2) is 56.8 Å². The van der Waals surface area contributed by atoms with Crippen molar-refractivity contribution in [3.05, 3.63) is 59.7 Å². The first-order valence-corrected chi connectivity index (χ1v) is 10.6. The molecule has 0 spiro atoms. The average Bonchev–Trinajstić information content (AvgIpc) is 2.69. The number of carbonyl (C=O) groups excluding carboxylic acids is 1. The zero-order chi connectivity index (χ0) is 21.6. The van der Waals surface area contributed by atoms with E-state index in [0.717, 1.165) is 16.4 Å². The van der Waals surface area contributed by atoms with Crippen LogP contribution in [-0.2, 0) is 10.0 Å². The Kier molecular flexibility index (Phi) is 7.69. The van der Waals surface area contributed by atoms with Crippen molar-refractivity contribution in [2.24, 2.45) is 0 Å². The second-order valence-corrected chi connectivity index (χ2v) is 8.17. The van der Waals surface area contributed by atoms with Gasteiger partial charge in [0, 0.05) is 25.7 Å². The zero-order valence-electron chi connectivity index (χ0n) is 16.6. The van der Waals surface area contributed by atoms with E-state index in [-0.39, 0.29) is 37.6 Å². The van der Waals surface area contributed by atoms with Crippen molar-refractivity contribution in [3.63, 3.8) is 0 Å². The number of amides is 1. The fourth-order valence-corrected chi connectivity index (χ4v) is 4.24. The van der Waals surface area contributed by atoms with Gasteiger partial charge in [-0.1, -0.05) is 13.8 Å². The molecule has 29 heavy (non-hydrogen) atoms. The van der Waals surface area contributed by atoms with Crippen LogP contribution in [0.4, 0.5) is 8.78 Å². The zero-order valence-corrected chi connectivity index (χ0v) is 17.4. The predicted octanol–water partition coefficient (Wildman–Crippen LogP) is 3.15. The van der Waals surface area contributed by atoms with Crippen LogP contribution < -0.4 is 4.74 Å². The lowest BCUT2D eigenvalue weighted by Crippen LogP contribution is -2.33. The molecule has 6 nitrogen and oxygen atoms in total. The molecule has 158 valence electrons. The van der Waals surface area contributed by atoms with Gasteiger partial charge in [-0.3, -0.25) is 4.79 Å². The molecule has 0 unspecified atom stereocenters. The highest BCUT2D eigenvalue weighted by molar-refractivity contribution is 7.89. The van der Waals surface area contributed by atoms with E-state index in [2.05, 4.69) is 0 Å². The molecule has 0 aromatic heterocycles. The van der Waals surface area contributed by atoms with Gasteiger partial charge in [-0.25, -0.2) is 17.2 Å². The van der Waals surface area contributed by atoms with Crippen molar-refractivity contribution in [1.29, 1.82) is 0 Å². The molecule has 0 aliphatic carbocycles. The molecule has 9 heteroatoms. The largest absolute Gasteiger partial charge is 0.492 e. The number of likely N-dealkylation sites (N-methyl/N-ethyl adjacent to an activating group) is 1. The molecule has 2 aromatic rings. The standard InChI is InChI=1S/C20H24F2N2O4S/c1-4-24(5-2)29(26,27)19-14-15(6-11-18(19)22)20(25)23(3)12-13-28-17-9-7-16(21)8-10-17/h6-11,14H,4-5,12-13H2,1-3H3. The Morgan fingerprint density at radius 3 is 2.24 bits per heavy atom. The lowest BCUT2D eigenvalue weighted by atomic mass is 10.2. The topological polar surface area (TPSA) is 66.9 Å². The van der Waals surface area contributed by atoms with Gasteiger partial charge in [0.25, 0.3) is 5.91 Å². The summed E-state index contributed by atoms with van der Waals surface area (Å²) in [6.07, 6.45) is 0. The molecule has 1 amide bonds. The minimum absolute atomic E-state index is 0.0569. The van der Waals surface area contributed by atoms with Crippen molar-refractivity contribution in [2.45, 2.75) is 18.7 Å². The molecular weight excluding hydrogens is 402 g/mol. The van der Waals surface area contributed by atoms with Crippen molar-refractivity contribution >= 4 is 15.9 Å². The molecule has 0 bridgehead atoms. The van der Waals surface area contributed by atoms with Crippen molar-refractivity contribution in [2.75, 3.05) is 33.3 Å². The van der Waals surface area contributed by atoms with E-state index in [1.807, 2.05) is 0 Å². The van der Waals surface area contributed by atoms with Crippen molar-refractivity contribution in [1.82, 2.24) is 9.21 Å². The number of rotatable bonds is 9. The highest BCUT2D eigenvalue weighted by atomic mass is 32.2. The summed E-state index contributed by atoms with van der Waals surface area (Å²) in [5.74, 6) is -1.29. The molecule has 0 saturated carbocycles. The quantitative estimate of drug-likeness (QED) is 0.618. The molecule has 0 N–H and O–H groups in total. The lowest BCUT2D eigenvalue weighted by molar-refractivity contribution is 0.0773. The summed E-state index contributed by atoms with van der Waals surface area (Å²) in [5, 5.41) is 0. The number of benzene rings is 2. The maximum atomic E-state index is 14.2. The monoisotopic (exact) mass is 426 g/mol. The van der Waals surface area contributed by atoms with E-state index in [9.17, 15) is 22.0 Å². The number of nitrogens with zero attached hydrogens (tertiary/aromatic N) is 2. The van der Waals surface area contributed by atoms with Crippen LogP contribution in [0.3, 0.4) is 0 Å². The Morgan fingerprint density at radius 1 is 1.03 bits per heavy atom. The van der Waals surface area contributed by atoms with Gasteiger partial charge >= 0.3 is 0 Å². The van der Waals surface area contributed by atoms with Crippen LogP contribution in [0.15, 0.2) is 47.4 Å². The van der Waals surface area contributed by atoms with Crippen LogP contribution in [0.2, 0.25) is 0 Å². The molecule has 0 aliphatic heterocycles. The van der Waals surface area contributed by atoms with Crippen LogP contribution in [0.25, 0.3) is 0 Å². The number of halogens is 2. The third kappa shape index (κ3) is 5.51. The SMILES string of the molecule is CCN(CC)S(=O)(=O)c1cc(C(=O)N(C)CCOc2ccc(F)cc2)ccc1F. The first-order chi connectivity index (χ1) is 13.7. The van der Waals surface area contributed by atoms with Gasteiger partial charge < -0.3 is 9.64 Å². The molecular formula is C20H24F2N2O4S. The second kappa shape index (κ2) is 9.80. The minimum atomic E-state index is -4.04. The summed E-state index contributed by atoms with van der Waals surface area (Å²) in [6.45, 7) is 4.05. The normalized spacial score (nSPS) is 11.5. The van der Waals surface area contributed by atoms with Gasteiger partial charge in [-0.2, -0.15) is 4.31 Å². The van der Waals surface area contributed by atoms with E-state index in [4.69, 9.17) is 4.74 Å². The molecule has 0 saturated heterocycles. The minimum Gasteiger partial charge on any atom is -0.492 e. The van der Waals surface area contributed by atoms with Crippen LogP contribution in [0, 0.1) is 11.6 Å². The first-order valence-electron chi connectivity index (χ1n) is 9.14. The summed E-state index contributed by atoms with van der Waals surface area (Å²) in [6, 6.07) is 8.76. The lowest BCUT2D eigenvalue weighted by Gasteiger charge is -2.20. The number of carbonyl (C=O) groups is 1. The Labute approximate surface area is 169 Å². The molecule has 0 fully saturated rings. The number of ether oxygens (including phenoxy) is 1. The highest BCUT2D eigenvalue weighted by Gasteiger charge is 2.27. The fourth-order valence-electron chi connectivity index (χ4n) is 2.69. The Hall–Kier alpha value is -2.52. The van der Waals surface area contributed by atoms with Gasteiger partial charge in [-0.05, 0) is 42.5 Å². The van der Waals surface area contributed by atoms with Crippen LogP contribution >= 0.6 is 0 Å². The van der Waals surface area contributed by atoms with Gasteiger partial charge in [0.1, 0.15) is 28.9 Å². The van der Waals surface area contributed by atoms with E-state index < -0.39 is 26.6 Å². The van der Waals surface area contributed by atoms with E-state index in [1.54, 1.807) is 13.8 Å². The summed E-state index contributed by atoms with van der Waals surface area (Å²) in [7, 11) is -2.51. The number of hydrogen-bond acceptors (Lipinski definition) is 4. The second-order valence-electron chi connectivity index (χ2n) is 6.26. The number of sulfonamides is 1.